The number of hydrogen-bond acceptors (Lipinski definition) is 6. The number of amides is 4. The Morgan fingerprint density at radius 1 is 1.11 bits per heavy atom. The topological polar surface area (TPSA) is 154 Å². The fourth-order valence-electron chi connectivity index (χ4n) is 10.4. The number of rotatable bonds is 7. The van der Waals surface area contributed by atoms with Gasteiger partial charge in [0.25, 0.3) is 5.91 Å². The van der Waals surface area contributed by atoms with Gasteiger partial charge in [0.15, 0.2) is 6.10 Å². The van der Waals surface area contributed by atoms with E-state index in [1.165, 1.54) is 0 Å². The molecule has 3 aliphatic heterocycles. The van der Waals surface area contributed by atoms with Gasteiger partial charge in [-0.1, -0.05) is 54.4 Å². The SMILES string of the molecule is CCCC(NC(=O)[C@@H]1C[C@]23CN1C(=O)[C@H](C(C)(C)C)NC(=O)[C@@H](N)C1CCCC4(C1)CC2(C4)C3(C)C)C(O)C(=O)NC1CC1. The second kappa shape index (κ2) is 10.4. The number of fused-ring (bicyclic) bond motifs is 4. The lowest BCUT2D eigenvalue weighted by atomic mass is 9.49. The fraction of sp³-hybridized carbons (Fsp3) is 0.882. The first-order valence-corrected chi connectivity index (χ1v) is 17.2. The van der Waals surface area contributed by atoms with Crippen LogP contribution < -0.4 is 21.7 Å². The van der Waals surface area contributed by atoms with Crippen LogP contribution in [0, 0.1) is 33.0 Å². The van der Waals surface area contributed by atoms with E-state index in [-0.39, 0.29) is 51.3 Å². The highest BCUT2D eigenvalue weighted by Gasteiger charge is 2.88. The van der Waals surface area contributed by atoms with Gasteiger partial charge in [0.05, 0.1) is 12.1 Å². The molecule has 7 aliphatic rings. The third kappa shape index (κ3) is 4.71. The van der Waals surface area contributed by atoms with Crippen LogP contribution >= 0.6 is 0 Å². The second-order valence-electron chi connectivity index (χ2n) is 17.2. The first-order valence-electron chi connectivity index (χ1n) is 17.2. The van der Waals surface area contributed by atoms with Gasteiger partial charge in [-0.3, -0.25) is 19.2 Å². The lowest BCUT2D eigenvalue weighted by Crippen LogP contribution is -2.61. The first kappa shape index (κ1) is 31.8. The molecule has 3 unspecified atom stereocenters. The van der Waals surface area contributed by atoms with Crippen molar-refractivity contribution in [3.05, 3.63) is 0 Å². The number of nitrogens with zero attached hydrogens (tertiary/aromatic N) is 1. The zero-order valence-corrected chi connectivity index (χ0v) is 27.6. The van der Waals surface area contributed by atoms with Gasteiger partial charge in [-0.25, -0.2) is 0 Å². The fourth-order valence-corrected chi connectivity index (χ4v) is 10.4. The van der Waals surface area contributed by atoms with E-state index in [0.29, 0.717) is 25.8 Å². The lowest BCUT2D eigenvalue weighted by Gasteiger charge is -2.56. The normalized spacial score (nSPS) is 40.6. The van der Waals surface area contributed by atoms with Crippen molar-refractivity contribution in [3.8, 4) is 0 Å². The quantitative estimate of drug-likeness (QED) is 0.297. The molecule has 7 fully saturated rings. The van der Waals surface area contributed by atoms with Crippen molar-refractivity contribution >= 4 is 23.6 Å². The summed E-state index contributed by atoms with van der Waals surface area (Å²) in [6.45, 7) is 12.8. The molecule has 6 N–H and O–H groups in total. The number of aliphatic hydroxyl groups excluding tert-OH is 1. The van der Waals surface area contributed by atoms with Crippen LogP contribution in [0.3, 0.4) is 0 Å². The van der Waals surface area contributed by atoms with Crippen molar-refractivity contribution < 1.29 is 24.3 Å². The Morgan fingerprint density at radius 2 is 1.80 bits per heavy atom. The predicted molar refractivity (Wildman–Crippen MR) is 166 cm³/mol. The molecule has 3 saturated heterocycles. The average molecular weight is 614 g/mol. The Balaban J connectivity index is 1.34. The maximum Gasteiger partial charge on any atom is 0.251 e. The summed E-state index contributed by atoms with van der Waals surface area (Å²) >= 11 is 0. The number of nitrogens with two attached hydrogens (primary N) is 1. The minimum absolute atomic E-state index is 0.0365. The molecule has 246 valence electrons. The monoisotopic (exact) mass is 613 g/mol. The van der Waals surface area contributed by atoms with Crippen LogP contribution in [-0.4, -0.2) is 76.5 Å². The minimum atomic E-state index is -1.37. The van der Waals surface area contributed by atoms with Crippen LogP contribution in [0.25, 0.3) is 0 Å². The molecule has 0 aromatic rings. The maximum absolute atomic E-state index is 14.6. The van der Waals surface area contributed by atoms with Crippen LogP contribution in [0.5, 0.6) is 0 Å². The summed E-state index contributed by atoms with van der Waals surface area (Å²) in [7, 11) is 0. The zero-order valence-electron chi connectivity index (χ0n) is 27.6. The summed E-state index contributed by atoms with van der Waals surface area (Å²) in [5, 5.41) is 19.9. The molecule has 44 heavy (non-hydrogen) atoms. The molecule has 0 aromatic carbocycles. The lowest BCUT2D eigenvalue weighted by molar-refractivity contribution is -0.145. The number of nitrogens with one attached hydrogen (secondary N) is 3. The molecular weight excluding hydrogens is 558 g/mol. The molecule has 4 saturated carbocycles. The molecule has 7 atom stereocenters. The van der Waals surface area contributed by atoms with Crippen LogP contribution in [0.1, 0.15) is 112 Å². The number of aliphatic hydroxyl groups is 1. The van der Waals surface area contributed by atoms with Crippen LogP contribution in [0.4, 0.5) is 0 Å². The van der Waals surface area contributed by atoms with E-state index >= 15 is 0 Å². The van der Waals surface area contributed by atoms with Gasteiger partial charge < -0.3 is 31.7 Å². The summed E-state index contributed by atoms with van der Waals surface area (Å²) in [5.41, 5.74) is 5.97. The van der Waals surface area contributed by atoms with Gasteiger partial charge in [0.1, 0.15) is 12.1 Å². The standard InChI is InChI=1S/C34H55N5O5/c1-7-9-21(24(40)28(43)36-20-11-12-20)37-26(41)22-15-33-18-39(22)29(44)25(30(2,3)4)38-27(42)23(35)19-10-8-13-32(14-19)16-34(33,17-32)31(33,5)6/h19-25,40H,7-18,35H2,1-6H3,(H,36,43)(H,37,41)(H,38,42)/t19?,21?,22-,23-,24?,25+,32?,33+,34?/m0/s1. The van der Waals surface area contributed by atoms with Gasteiger partial charge in [-0.2, -0.15) is 0 Å². The van der Waals surface area contributed by atoms with Crippen molar-refractivity contribution in [1.29, 1.82) is 0 Å². The van der Waals surface area contributed by atoms with Gasteiger partial charge in [0.2, 0.25) is 17.7 Å². The molecule has 3 spiro atoms. The Bertz CT molecular complexity index is 1220. The van der Waals surface area contributed by atoms with Crippen LogP contribution in [-0.2, 0) is 19.2 Å². The van der Waals surface area contributed by atoms with Crippen molar-refractivity contribution in [2.75, 3.05) is 6.54 Å². The minimum Gasteiger partial charge on any atom is -0.381 e. The molecular formula is C34H55N5O5. The summed E-state index contributed by atoms with van der Waals surface area (Å²) in [6.07, 6.45) is 8.28. The molecule has 3 heterocycles. The number of carbonyl (C=O) groups is 4. The van der Waals surface area contributed by atoms with E-state index in [1.54, 1.807) is 4.90 Å². The summed E-state index contributed by atoms with van der Waals surface area (Å²) in [6, 6.07) is -2.94. The van der Waals surface area contributed by atoms with Gasteiger partial charge >= 0.3 is 0 Å². The van der Waals surface area contributed by atoms with Crippen molar-refractivity contribution in [2.24, 2.45) is 38.7 Å². The highest BCUT2D eigenvalue weighted by molar-refractivity contribution is 5.95. The van der Waals surface area contributed by atoms with E-state index in [1.807, 2.05) is 27.7 Å². The molecule has 0 radical (unpaired) electrons. The van der Waals surface area contributed by atoms with E-state index in [4.69, 9.17) is 5.73 Å². The molecule has 5 bridgehead atoms. The van der Waals surface area contributed by atoms with Crippen molar-refractivity contribution in [3.63, 3.8) is 0 Å². The summed E-state index contributed by atoms with van der Waals surface area (Å²) < 4.78 is 0. The molecule has 4 amide bonds. The van der Waals surface area contributed by atoms with E-state index in [0.717, 1.165) is 51.4 Å². The van der Waals surface area contributed by atoms with Crippen LogP contribution in [0.2, 0.25) is 0 Å². The van der Waals surface area contributed by atoms with E-state index in [9.17, 15) is 24.3 Å². The Morgan fingerprint density at radius 3 is 2.41 bits per heavy atom. The second-order valence-corrected chi connectivity index (χ2v) is 17.2. The third-order valence-corrected chi connectivity index (χ3v) is 13.2. The first-order chi connectivity index (χ1) is 20.5. The van der Waals surface area contributed by atoms with Crippen molar-refractivity contribution in [1.82, 2.24) is 20.9 Å². The largest absolute Gasteiger partial charge is 0.381 e. The zero-order chi connectivity index (χ0) is 32.0. The van der Waals surface area contributed by atoms with E-state index in [2.05, 4.69) is 29.8 Å². The molecule has 4 aliphatic carbocycles. The smallest absolute Gasteiger partial charge is 0.251 e. The van der Waals surface area contributed by atoms with Gasteiger partial charge in [-0.05, 0) is 85.4 Å². The van der Waals surface area contributed by atoms with Gasteiger partial charge in [0, 0.05) is 18.0 Å². The Kier molecular flexibility index (Phi) is 7.51. The van der Waals surface area contributed by atoms with Crippen LogP contribution in [0.15, 0.2) is 0 Å². The number of carbonyl (C=O) groups excluding carboxylic acids is 4. The summed E-state index contributed by atoms with van der Waals surface area (Å²) in [4.78, 5) is 56.9. The molecule has 0 aromatic heterocycles. The predicted octanol–water partition coefficient (Wildman–Crippen LogP) is 2.37. The Labute approximate surface area is 262 Å². The Hall–Kier alpha value is -2.20. The highest BCUT2D eigenvalue weighted by atomic mass is 16.3. The number of hydrogen-bond donors (Lipinski definition) is 5. The van der Waals surface area contributed by atoms with E-state index < -0.39 is 41.6 Å². The van der Waals surface area contributed by atoms with Crippen molar-refractivity contribution in [2.45, 2.75) is 148 Å². The average Bonchev–Trinajstić information content (AvgIpc) is 3.75. The molecule has 7 rings (SSSR count). The van der Waals surface area contributed by atoms with Gasteiger partial charge in [-0.15, -0.1) is 0 Å². The highest BCUT2D eigenvalue weighted by Crippen LogP contribution is 2.92. The maximum atomic E-state index is 14.6. The third-order valence-electron chi connectivity index (χ3n) is 13.2. The molecule has 10 heteroatoms. The molecule has 10 nitrogen and oxygen atoms in total. The summed E-state index contributed by atoms with van der Waals surface area (Å²) in [5.74, 6) is -1.24.